The van der Waals surface area contributed by atoms with Crippen molar-refractivity contribution in [3.8, 4) is 0 Å². The van der Waals surface area contributed by atoms with Gasteiger partial charge in [0.05, 0.1) is 18.4 Å². The van der Waals surface area contributed by atoms with Crippen molar-refractivity contribution in [2.24, 2.45) is 0 Å². The van der Waals surface area contributed by atoms with Crippen molar-refractivity contribution in [1.82, 2.24) is 25.2 Å². The molecule has 98 valence electrons. The van der Waals surface area contributed by atoms with Gasteiger partial charge in [-0.3, -0.25) is 0 Å². The van der Waals surface area contributed by atoms with E-state index in [9.17, 15) is 4.79 Å². The lowest BCUT2D eigenvalue weighted by atomic mass is 10.2. The van der Waals surface area contributed by atoms with Crippen molar-refractivity contribution in [2.75, 3.05) is 13.1 Å². The Balaban J connectivity index is 1.53. The Morgan fingerprint density at radius 2 is 1.89 bits per heavy atom. The number of nitrogens with one attached hydrogen (secondary N) is 1. The van der Waals surface area contributed by atoms with E-state index in [1.807, 2.05) is 4.90 Å². The van der Waals surface area contributed by atoms with Gasteiger partial charge in [-0.1, -0.05) is 12.8 Å². The molecular formula is C12H19N5O. The van der Waals surface area contributed by atoms with Crippen LogP contribution in [0.4, 0.5) is 4.79 Å². The summed E-state index contributed by atoms with van der Waals surface area (Å²) in [5, 5.41) is 11.4. The van der Waals surface area contributed by atoms with Gasteiger partial charge in [0.15, 0.2) is 0 Å². The van der Waals surface area contributed by atoms with Crippen LogP contribution in [0, 0.1) is 0 Å². The monoisotopic (exact) mass is 249 g/mol. The molecule has 1 aliphatic carbocycles. The summed E-state index contributed by atoms with van der Waals surface area (Å²) >= 11 is 0. The maximum absolute atomic E-state index is 12.1. The predicted octanol–water partition coefficient (Wildman–Crippen LogP) is 1.18. The minimum atomic E-state index is 0.0801. The Hall–Kier alpha value is -1.59. The molecule has 1 aliphatic heterocycles. The predicted molar refractivity (Wildman–Crippen MR) is 66.0 cm³/mol. The van der Waals surface area contributed by atoms with Crippen LogP contribution < -0.4 is 5.32 Å². The number of hydrogen-bond donors (Lipinski definition) is 1. The van der Waals surface area contributed by atoms with Gasteiger partial charge in [0, 0.05) is 19.1 Å². The average Bonchev–Trinajstić information content (AvgIpc) is 3.11. The number of carbonyl (C=O) groups is 1. The van der Waals surface area contributed by atoms with E-state index in [2.05, 4.69) is 15.5 Å². The van der Waals surface area contributed by atoms with E-state index >= 15 is 0 Å². The number of carbonyl (C=O) groups excluding carboxylic acids is 1. The highest BCUT2D eigenvalue weighted by molar-refractivity contribution is 5.74. The fraction of sp³-hybridized carbons (Fsp3) is 0.750. The minimum absolute atomic E-state index is 0.0801. The standard InChI is InChI=1S/C12H19N5O/c18-12(15-10-3-1-2-4-10)16-8-5-11(9-16)17-13-6-7-14-17/h6-7,10-11H,1-5,8-9H2,(H,15,18). The first-order chi connectivity index (χ1) is 8.83. The fourth-order valence-corrected chi connectivity index (χ4v) is 2.87. The third-order valence-corrected chi connectivity index (χ3v) is 3.90. The summed E-state index contributed by atoms with van der Waals surface area (Å²) in [5.74, 6) is 0. The Kier molecular flexibility index (Phi) is 3.17. The molecule has 1 N–H and O–H groups in total. The molecule has 1 aromatic rings. The zero-order valence-electron chi connectivity index (χ0n) is 10.5. The summed E-state index contributed by atoms with van der Waals surface area (Å²) in [6.07, 6.45) is 9.04. The van der Waals surface area contributed by atoms with Crippen LogP contribution in [0.5, 0.6) is 0 Å². The summed E-state index contributed by atoms with van der Waals surface area (Å²) in [7, 11) is 0. The molecule has 0 bridgehead atoms. The molecule has 6 nitrogen and oxygen atoms in total. The number of urea groups is 1. The van der Waals surface area contributed by atoms with Crippen LogP contribution in [-0.2, 0) is 0 Å². The maximum Gasteiger partial charge on any atom is 0.317 e. The van der Waals surface area contributed by atoms with E-state index in [0.29, 0.717) is 12.6 Å². The summed E-state index contributed by atoms with van der Waals surface area (Å²) in [4.78, 5) is 15.7. The smallest absolute Gasteiger partial charge is 0.317 e. The van der Waals surface area contributed by atoms with E-state index in [0.717, 1.165) is 25.8 Å². The number of aromatic nitrogens is 3. The third-order valence-electron chi connectivity index (χ3n) is 3.90. The van der Waals surface area contributed by atoms with Crippen LogP contribution in [0.25, 0.3) is 0 Å². The molecule has 1 aromatic heterocycles. The zero-order chi connectivity index (χ0) is 12.4. The second kappa shape index (κ2) is 4.96. The summed E-state index contributed by atoms with van der Waals surface area (Å²) in [6, 6.07) is 0.699. The lowest BCUT2D eigenvalue weighted by molar-refractivity contribution is 0.202. The molecule has 1 atom stereocenters. The molecule has 1 saturated carbocycles. The summed E-state index contributed by atoms with van der Waals surface area (Å²) in [6.45, 7) is 1.51. The number of likely N-dealkylation sites (tertiary alicyclic amines) is 1. The first kappa shape index (κ1) is 11.5. The number of hydrogen-bond acceptors (Lipinski definition) is 3. The maximum atomic E-state index is 12.1. The Morgan fingerprint density at radius 1 is 1.17 bits per heavy atom. The molecule has 0 aromatic carbocycles. The lowest BCUT2D eigenvalue weighted by Crippen LogP contribution is -2.43. The van der Waals surface area contributed by atoms with Gasteiger partial charge in [0.1, 0.15) is 0 Å². The van der Waals surface area contributed by atoms with Gasteiger partial charge in [-0.2, -0.15) is 15.0 Å². The molecule has 18 heavy (non-hydrogen) atoms. The van der Waals surface area contributed by atoms with E-state index in [-0.39, 0.29) is 12.1 Å². The van der Waals surface area contributed by atoms with Gasteiger partial charge in [-0.25, -0.2) is 4.79 Å². The van der Waals surface area contributed by atoms with Crippen molar-refractivity contribution < 1.29 is 4.79 Å². The molecule has 1 saturated heterocycles. The van der Waals surface area contributed by atoms with Gasteiger partial charge in [0.25, 0.3) is 0 Å². The first-order valence-corrected chi connectivity index (χ1v) is 6.74. The lowest BCUT2D eigenvalue weighted by Gasteiger charge is -2.20. The van der Waals surface area contributed by atoms with Gasteiger partial charge in [-0.05, 0) is 19.3 Å². The SMILES string of the molecule is O=C(NC1CCCC1)N1CCC(n2nccn2)C1. The van der Waals surface area contributed by atoms with Crippen LogP contribution in [0.3, 0.4) is 0 Å². The minimum Gasteiger partial charge on any atom is -0.335 e. The molecule has 3 rings (SSSR count). The van der Waals surface area contributed by atoms with Gasteiger partial charge < -0.3 is 10.2 Å². The molecule has 6 heteroatoms. The van der Waals surface area contributed by atoms with Crippen molar-refractivity contribution in [1.29, 1.82) is 0 Å². The topological polar surface area (TPSA) is 63.1 Å². The third kappa shape index (κ3) is 2.32. The van der Waals surface area contributed by atoms with E-state index in [4.69, 9.17) is 0 Å². The van der Waals surface area contributed by atoms with E-state index < -0.39 is 0 Å². The second-order valence-corrected chi connectivity index (χ2v) is 5.17. The molecule has 1 unspecified atom stereocenters. The van der Waals surface area contributed by atoms with Crippen molar-refractivity contribution in [3.63, 3.8) is 0 Å². The number of amides is 2. The molecule has 2 amide bonds. The number of nitrogens with zero attached hydrogens (tertiary/aromatic N) is 4. The van der Waals surface area contributed by atoms with E-state index in [1.54, 1.807) is 17.2 Å². The highest BCUT2D eigenvalue weighted by atomic mass is 16.2. The molecule has 0 radical (unpaired) electrons. The van der Waals surface area contributed by atoms with Crippen LogP contribution in [0.2, 0.25) is 0 Å². The van der Waals surface area contributed by atoms with Crippen molar-refractivity contribution in [3.05, 3.63) is 12.4 Å². The highest BCUT2D eigenvalue weighted by Gasteiger charge is 2.29. The highest BCUT2D eigenvalue weighted by Crippen LogP contribution is 2.21. The zero-order valence-corrected chi connectivity index (χ0v) is 10.5. The van der Waals surface area contributed by atoms with Gasteiger partial charge in [-0.15, -0.1) is 0 Å². The van der Waals surface area contributed by atoms with Crippen molar-refractivity contribution in [2.45, 2.75) is 44.2 Å². The Morgan fingerprint density at radius 3 is 2.61 bits per heavy atom. The fourth-order valence-electron chi connectivity index (χ4n) is 2.87. The normalized spacial score (nSPS) is 24.7. The van der Waals surface area contributed by atoms with E-state index in [1.165, 1.54) is 12.8 Å². The van der Waals surface area contributed by atoms with Gasteiger partial charge in [0.2, 0.25) is 0 Å². The first-order valence-electron chi connectivity index (χ1n) is 6.74. The van der Waals surface area contributed by atoms with Gasteiger partial charge >= 0.3 is 6.03 Å². The van der Waals surface area contributed by atoms with Crippen molar-refractivity contribution >= 4 is 6.03 Å². The number of rotatable bonds is 2. The summed E-state index contributed by atoms with van der Waals surface area (Å²) < 4.78 is 0. The molecule has 2 heterocycles. The molecule has 0 spiro atoms. The quantitative estimate of drug-likeness (QED) is 0.856. The summed E-state index contributed by atoms with van der Waals surface area (Å²) in [5.41, 5.74) is 0. The van der Waals surface area contributed by atoms with Crippen LogP contribution >= 0.6 is 0 Å². The largest absolute Gasteiger partial charge is 0.335 e. The van der Waals surface area contributed by atoms with Crippen LogP contribution in [0.15, 0.2) is 12.4 Å². The molecule has 2 aliphatic rings. The average molecular weight is 249 g/mol. The van der Waals surface area contributed by atoms with Crippen LogP contribution in [0.1, 0.15) is 38.1 Å². The Bertz CT molecular complexity index is 399. The molecular weight excluding hydrogens is 230 g/mol. The van der Waals surface area contributed by atoms with Crippen LogP contribution in [-0.4, -0.2) is 45.1 Å². The Labute approximate surface area is 106 Å². The molecule has 2 fully saturated rings. The second-order valence-electron chi connectivity index (χ2n) is 5.17.